The Bertz CT molecular complexity index is 352. The van der Waals surface area contributed by atoms with Gasteiger partial charge in [-0.25, -0.2) is 0 Å². The molecule has 1 aromatic carbocycles. The molecule has 0 unspecified atom stereocenters. The zero-order chi connectivity index (χ0) is 12.0. The number of nitrogens with zero attached hydrogens (tertiary/aromatic N) is 1. The Morgan fingerprint density at radius 3 is 2.56 bits per heavy atom. The average Bonchev–Trinajstić information content (AvgIpc) is 2.52. The maximum absolute atomic E-state index is 2.38. The summed E-state index contributed by atoms with van der Waals surface area (Å²) in [5.41, 5.74) is 4.28. The molecule has 0 fully saturated rings. The molecule has 0 aliphatic carbocycles. The first-order valence-corrected chi connectivity index (χ1v) is 6.32. The minimum absolute atomic E-state index is 1.13. The summed E-state index contributed by atoms with van der Waals surface area (Å²) in [6.45, 7) is 7.36. The van der Waals surface area contributed by atoms with E-state index in [-0.39, 0.29) is 0 Å². The lowest BCUT2D eigenvalue weighted by atomic mass is 10.0. The van der Waals surface area contributed by atoms with Crippen LogP contribution in [-0.2, 0) is 0 Å². The average molecular weight is 217 g/mol. The molecule has 0 saturated heterocycles. The molecular formula is C15H23N. The molecule has 0 radical (unpaired) electrons. The van der Waals surface area contributed by atoms with Gasteiger partial charge in [0.15, 0.2) is 0 Å². The van der Waals surface area contributed by atoms with Gasteiger partial charge in [0.2, 0.25) is 0 Å². The van der Waals surface area contributed by atoms with Crippen LogP contribution in [0.3, 0.4) is 0 Å². The molecule has 0 spiro atoms. The summed E-state index contributed by atoms with van der Waals surface area (Å²) in [6, 6.07) is 8.69. The van der Waals surface area contributed by atoms with Crippen LogP contribution in [0.4, 0.5) is 5.69 Å². The summed E-state index contributed by atoms with van der Waals surface area (Å²) in [4.78, 5) is 2.34. The third-order valence-corrected chi connectivity index (χ3v) is 2.90. The van der Waals surface area contributed by atoms with Gasteiger partial charge in [0.25, 0.3) is 0 Å². The fourth-order valence-electron chi connectivity index (χ4n) is 2.08. The van der Waals surface area contributed by atoms with E-state index in [0.717, 1.165) is 19.4 Å². The van der Waals surface area contributed by atoms with Crippen molar-refractivity contribution in [2.24, 2.45) is 0 Å². The van der Waals surface area contributed by atoms with Crippen LogP contribution >= 0.6 is 0 Å². The summed E-state index contributed by atoms with van der Waals surface area (Å²) in [6.07, 6.45) is 4.67. The number of para-hydroxylation sites is 1. The van der Waals surface area contributed by atoms with E-state index in [1.807, 2.05) is 13.8 Å². The SMILES string of the molecule is CC.CCC1=CCCN(C)c2ccccc21. The van der Waals surface area contributed by atoms with Crippen LogP contribution < -0.4 is 4.90 Å². The van der Waals surface area contributed by atoms with Crippen molar-refractivity contribution in [3.63, 3.8) is 0 Å². The Labute approximate surface area is 99.8 Å². The van der Waals surface area contributed by atoms with Crippen LogP contribution in [0.15, 0.2) is 30.3 Å². The van der Waals surface area contributed by atoms with Gasteiger partial charge in [-0.05, 0) is 24.5 Å². The normalized spacial score (nSPS) is 14.2. The molecule has 0 amide bonds. The lowest BCUT2D eigenvalue weighted by Gasteiger charge is -2.19. The lowest BCUT2D eigenvalue weighted by Crippen LogP contribution is -2.17. The van der Waals surface area contributed by atoms with Gasteiger partial charge in [-0.3, -0.25) is 0 Å². The van der Waals surface area contributed by atoms with Gasteiger partial charge in [-0.2, -0.15) is 0 Å². The second kappa shape index (κ2) is 6.37. The first-order valence-electron chi connectivity index (χ1n) is 6.32. The molecule has 16 heavy (non-hydrogen) atoms. The second-order valence-electron chi connectivity index (χ2n) is 3.81. The highest BCUT2D eigenvalue weighted by Crippen LogP contribution is 2.31. The smallest absolute Gasteiger partial charge is 0.0439 e. The number of benzene rings is 1. The van der Waals surface area contributed by atoms with E-state index in [2.05, 4.69) is 49.2 Å². The van der Waals surface area contributed by atoms with Crippen molar-refractivity contribution < 1.29 is 0 Å². The zero-order valence-corrected chi connectivity index (χ0v) is 11.0. The largest absolute Gasteiger partial charge is 0.374 e. The Morgan fingerprint density at radius 2 is 1.88 bits per heavy atom. The van der Waals surface area contributed by atoms with Crippen LogP contribution in [0.2, 0.25) is 0 Å². The summed E-state index contributed by atoms with van der Waals surface area (Å²) in [5.74, 6) is 0. The quantitative estimate of drug-likeness (QED) is 0.676. The highest BCUT2D eigenvalue weighted by atomic mass is 15.1. The van der Waals surface area contributed by atoms with Gasteiger partial charge in [-0.15, -0.1) is 0 Å². The molecule has 1 aliphatic rings. The third kappa shape index (κ3) is 2.66. The first kappa shape index (κ1) is 12.8. The van der Waals surface area contributed by atoms with Gasteiger partial charge in [-0.1, -0.05) is 45.0 Å². The molecule has 1 heteroatoms. The van der Waals surface area contributed by atoms with Crippen LogP contribution in [0.25, 0.3) is 5.57 Å². The number of allylic oxidation sites excluding steroid dienone is 1. The van der Waals surface area contributed by atoms with E-state index in [1.165, 1.54) is 16.8 Å². The zero-order valence-electron chi connectivity index (χ0n) is 11.0. The standard InChI is InChI=1S/C13H17N.C2H6/c1-3-11-7-6-10-14(2)13-9-5-4-8-12(11)13;1-2/h4-5,7-9H,3,6,10H2,1-2H3;1-2H3. The molecule has 0 bridgehead atoms. The topological polar surface area (TPSA) is 3.24 Å². The van der Waals surface area contributed by atoms with Crippen LogP contribution in [0.1, 0.15) is 39.2 Å². The summed E-state index contributed by atoms with van der Waals surface area (Å²) in [7, 11) is 2.17. The van der Waals surface area contributed by atoms with Gasteiger partial charge < -0.3 is 4.90 Å². The Hall–Kier alpha value is -1.24. The highest BCUT2D eigenvalue weighted by molar-refractivity contribution is 5.77. The fourth-order valence-corrected chi connectivity index (χ4v) is 2.08. The summed E-state index contributed by atoms with van der Waals surface area (Å²) >= 11 is 0. The van der Waals surface area contributed by atoms with Crippen molar-refractivity contribution in [2.75, 3.05) is 18.5 Å². The van der Waals surface area contributed by atoms with Crippen molar-refractivity contribution in [1.82, 2.24) is 0 Å². The Morgan fingerprint density at radius 1 is 1.19 bits per heavy atom. The van der Waals surface area contributed by atoms with Crippen molar-refractivity contribution in [3.05, 3.63) is 35.9 Å². The number of hydrogen-bond donors (Lipinski definition) is 0. The second-order valence-corrected chi connectivity index (χ2v) is 3.81. The van der Waals surface area contributed by atoms with Crippen LogP contribution in [0, 0.1) is 0 Å². The van der Waals surface area contributed by atoms with Gasteiger partial charge in [0.05, 0.1) is 0 Å². The number of fused-ring (bicyclic) bond motifs is 1. The van der Waals surface area contributed by atoms with E-state index >= 15 is 0 Å². The number of hydrogen-bond acceptors (Lipinski definition) is 1. The molecule has 88 valence electrons. The summed E-state index contributed by atoms with van der Waals surface area (Å²) < 4.78 is 0. The first-order chi connectivity index (χ1) is 7.83. The number of rotatable bonds is 1. The Balaban J connectivity index is 0.000000606. The predicted molar refractivity (Wildman–Crippen MR) is 73.9 cm³/mol. The minimum Gasteiger partial charge on any atom is -0.374 e. The molecule has 2 rings (SSSR count). The highest BCUT2D eigenvalue weighted by Gasteiger charge is 2.12. The molecule has 0 saturated carbocycles. The van der Waals surface area contributed by atoms with E-state index in [0.29, 0.717) is 0 Å². The van der Waals surface area contributed by atoms with Crippen molar-refractivity contribution in [2.45, 2.75) is 33.6 Å². The number of anilines is 1. The third-order valence-electron chi connectivity index (χ3n) is 2.90. The molecule has 1 heterocycles. The summed E-state index contributed by atoms with van der Waals surface area (Å²) in [5, 5.41) is 0. The molecule has 0 aromatic heterocycles. The maximum Gasteiger partial charge on any atom is 0.0439 e. The van der Waals surface area contributed by atoms with E-state index in [4.69, 9.17) is 0 Å². The van der Waals surface area contributed by atoms with Crippen LogP contribution in [0.5, 0.6) is 0 Å². The molecule has 1 aromatic rings. The van der Waals surface area contributed by atoms with Gasteiger partial charge in [0, 0.05) is 24.8 Å². The lowest BCUT2D eigenvalue weighted by molar-refractivity contribution is 0.906. The van der Waals surface area contributed by atoms with E-state index in [1.54, 1.807) is 0 Å². The molecule has 0 atom stereocenters. The molecule has 0 N–H and O–H groups in total. The van der Waals surface area contributed by atoms with Crippen molar-refractivity contribution in [3.8, 4) is 0 Å². The molecule has 1 nitrogen and oxygen atoms in total. The Kier molecular flexibility index (Phi) is 5.10. The van der Waals surface area contributed by atoms with Crippen LogP contribution in [-0.4, -0.2) is 13.6 Å². The van der Waals surface area contributed by atoms with E-state index in [9.17, 15) is 0 Å². The maximum atomic E-state index is 2.38. The molecular weight excluding hydrogens is 194 g/mol. The minimum atomic E-state index is 1.13. The van der Waals surface area contributed by atoms with Crippen molar-refractivity contribution >= 4 is 11.3 Å². The monoisotopic (exact) mass is 217 g/mol. The fraction of sp³-hybridized carbons (Fsp3) is 0.467. The molecule has 1 aliphatic heterocycles. The predicted octanol–water partition coefficient (Wildman–Crippen LogP) is 4.35. The van der Waals surface area contributed by atoms with E-state index < -0.39 is 0 Å². The van der Waals surface area contributed by atoms with Crippen molar-refractivity contribution in [1.29, 1.82) is 0 Å². The van der Waals surface area contributed by atoms with Gasteiger partial charge >= 0.3 is 0 Å². The van der Waals surface area contributed by atoms with Gasteiger partial charge in [0.1, 0.15) is 0 Å².